The third-order valence-corrected chi connectivity index (χ3v) is 11.4. The third-order valence-electron chi connectivity index (χ3n) is 9.57. The molecule has 0 amide bonds. The van der Waals surface area contributed by atoms with E-state index in [1.54, 1.807) is 10.4 Å². The molecule has 5 aromatic rings. The first-order chi connectivity index (χ1) is 22.1. The number of quaternary nitrogens is 1. The number of hydrogen-bond acceptors (Lipinski definition) is 2. The summed E-state index contributed by atoms with van der Waals surface area (Å²) in [7, 11) is -3.71. The number of unbranched alkanes of at least 4 members (excludes halogenated alkanes) is 1. The molecule has 1 unspecified atom stereocenters. The van der Waals surface area contributed by atoms with Crippen molar-refractivity contribution in [2.24, 2.45) is 0 Å². The zero-order valence-corrected chi connectivity index (χ0v) is 28.6. The average Bonchev–Trinajstić information content (AvgIpc) is 3.01. The number of hydrogen-bond donors (Lipinski definition) is 0. The van der Waals surface area contributed by atoms with Gasteiger partial charge in [-0.25, -0.2) is 8.42 Å². The highest BCUT2D eigenvalue weighted by molar-refractivity contribution is 7.89. The number of aryl methyl sites for hydroxylation is 4. The van der Waals surface area contributed by atoms with Gasteiger partial charge in [-0.2, -0.15) is 4.31 Å². The number of rotatable bonds is 11. The summed E-state index contributed by atoms with van der Waals surface area (Å²) in [6.45, 7) is 13.5. The SMILES string of the molecule is Cc1cc(C)cc(CN(CCCC[N+]2(Cc3cc(C)cc(C)c3)CCc3ccccc3C2)S(=O)(=O)c2ccc3ccccc3c2)c1. The van der Waals surface area contributed by atoms with E-state index >= 15 is 0 Å². The van der Waals surface area contributed by atoms with Gasteiger partial charge < -0.3 is 4.48 Å². The van der Waals surface area contributed by atoms with E-state index in [1.807, 2.05) is 36.4 Å². The van der Waals surface area contributed by atoms with Crippen LogP contribution in [0.2, 0.25) is 0 Å². The van der Waals surface area contributed by atoms with E-state index < -0.39 is 10.0 Å². The van der Waals surface area contributed by atoms with Crippen molar-refractivity contribution >= 4 is 20.8 Å². The number of benzene rings is 5. The Bertz CT molecular complexity index is 1920. The molecule has 1 aliphatic rings. The Hall–Kier alpha value is -3.77. The molecule has 0 spiro atoms. The minimum absolute atomic E-state index is 0.363. The topological polar surface area (TPSA) is 37.4 Å². The summed E-state index contributed by atoms with van der Waals surface area (Å²) >= 11 is 0. The Balaban J connectivity index is 1.24. The van der Waals surface area contributed by atoms with Gasteiger partial charge in [-0.3, -0.25) is 0 Å². The van der Waals surface area contributed by atoms with Gasteiger partial charge in [0.05, 0.1) is 18.0 Å². The van der Waals surface area contributed by atoms with Crippen molar-refractivity contribution in [1.29, 1.82) is 0 Å². The molecule has 5 aromatic carbocycles. The van der Waals surface area contributed by atoms with Gasteiger partial charge in [0.15, 0.2) is 0 Å². The molecule has 5 heteroatoms. The van der Waals surface area contributed by atoms with Gasteiger partial charge in [0, 0.05) is 30.6 Å². The molecule has 0 saturated carbocycles. The summed E-state index contributed by atoms with van der Waals surface area (Å²) < 4.78 is 31.3. The standard InChI is InChI=1S/C41H47N2O2S/c1-31-21-32(2)24-35(23-31)28-42(46(44,45)41-16-15-37-11-5-7-13-39(37)27-41)18-9-10-19-43(29-36-25-33(3)22-34(4)26-36)20-17-38-12-6-8-14-40(38)30-43/h5-8,11-16,21-27H,9-10,17-20,28-30H2,1-4H3/q+1. The zero-order valence-electron chi connectivity index (χ0n) is 27.8. The van der Waals surface area contributed by atoms with Crippen LogP contribution in [0, 0.1) is 27.7 Å². The van der Waals surface area contributed by atoms with Crippen LogP contribution in [-0.4, -0.2) is 36.8 Å². The first-order valence-electron chi connectivity index (χ1n) is 16.6. The molecule has 0 bridgehead atoms. The molecule has 0 fully saturated rings. The molecule has 4 nitrogen and oxygen atoms in total. The molecule has 46 heavy (non-hydrogen) atoms. The maximum Gasteiger partial charge on any atom is 0.243 e. The predicted molar refractivity (Wildman–Crippen MR) is 190 cm³/mol. The quantitative estimate of drug-likeness (QED) is 0.108. The Labute approximate surface area is 276 Å². The van der Waals surface area contributed by atoms with Gasteiger partial charge in [0.1, 0.15) is 13.1 Å². The number of fused-ring (bicyclic) bond motifs is 2. The minimum Gasteiger partial charge on any atom is -0.316 e. The summed E-state index contributed by atoms with van der Waals surface area (Å²) in [5.41, 5.74) is 10.3. The molecule has 6 rings (SSSR count). The molecular formula is C41H47N2O2S+. The maximum absolute atomic E-state index is 14.3. The fourth-order valence-corrected chi connectivity index (χ4v) is 9.07. The number of nitrogens with zero attached hydrogens (tertiary/aromatic N) is 2. The van der Waals surface area contributed by atoms with Crippen LogP contribution in [0.1, 0.15) is 57.3 Å². The van der Waals surface area contributed by atoms with Crippen molar-refractivity contribution in [1.82, 2.24) is 4.31 Å². The summed E-state index contributed by atoms with van der Waals surface area (Å²) in [4.78, 5) is 0.363. The van der Waals surface area contributed by atoms with Gasteiger partial charge in [-0.15, -0.1) is 0 Å². The Morgan fingerprint density at radius 1 is 0.652 bits per heavy atom. The predicted octanol–water partition coefficient (Wildman–Crippen LogP) is 8.82. The van der Waals surface area contributed by atoms with Gasteiger partial charge in [-0.05, 0) is 74.6 Å². The van der Waals surface area contributed by atoms with Crippen LogP contribution in [0.25, 0.3) is 10.8 Å². The van der Waals surface area contributed by atoms with E-state index in [9.17, 15) is 8.42 Å². The second kappa shape index (κ2) is 13.5. The average molecular weight is 632 g/mol. The van der Waals surface area contributed by atoms with Crippen LogP contribution in [0.3, 0.4) is 0 Å². The largest absolute Gasteiger partial charge is 0.316 e. The molecular weight excluding hydrogens is 585 g/mol. The smallest absolute Gasteiger partial charge is 0.243 e. The van der Waals surface area contributed by atoms with Crippen molar-refractivity contribution in [3.8, 4) is 0 Å². The number of sulfonamides is 1. The van der Waals surface area contributed by atoms with Crippen LogP contribution in [0.5, 0.6) is 0 Å². The minimum atomic E-state index is -3.71. The first kappa shape index (κ1) is 32.2. The second-order valence-electron chi connectivity index (χ2n) is 13.7. The molecule has 0 aliphatic carbocycles. The maximum atomic E-state index is 14.3. The van der Waals surface area contributed by atoms with E-state index in [-0.39, 0.29) is 0 Å². The molecule has 1 aliphatic heterocycles. The van der Waals surface area contributed by atoms with E-state index in [0.29, 0.717) is 18.0 Å². The lowest BCUT2D eigenvalue weighted by atomic mass is 9.95. The van der Waals surface area contributed by atoms with Crippen LogP contribution in [0.4, 0.5) is 0 Å². The normalized spacial score (nSPS) is 16.5. The van der Waals surface area contributed by atoms with Gasteiger partial charge in [-0.1, -0.05) is 113 Å². The third kappa shape index (κ3) is 7.44. The highest BCUT2D eigenvalue weighted by atomic mass is 32.2. The Morgan fingerprint density at radius 3 is 1.96 bits per heavy atom. The monoisotopic (exact) mass is 631 g/mol. The Kier molecular flexibility index (Phi) is 9.47. The zero-order chi connectivity index (χ0) is 32.3. The summed E-state index contributed by atoms with van der Waals surface area (Å²) in [6, 6.07) is 35.7. The van der Waals surface area contributed by atoms with Crippen molar-refractivity contribution in [3.63, 3.8) is 0 Å². The lowest BCUT2D eigenvalue weighted by Crippen LogP contribution is -2.51. The summed E-state index contributed by atoms with van der Waals surface area (Å²) in [5.74, 6) is 0. The summed E-state index contributed by atoms with van der Waals surface area (Å²) in [5, 5.41) is 1.99. The lowest BCUT2D eigenvalue weighted by molar-refractivity contribution is -0.955. The van der Waals surface area contributed by atoms with Crippen molar-refractivity contribution < 1.29 is 12.9 Å². The molecule has 0 saturated heterocycles. The van der Waals surface area contributed by atoms with Crippen molar-refractivity contribution in [3.05, 3.63) is 148 Å². The van der Waals surface area contributed by atoms with E-state index in [1.165, 1.54) is 27.8 Å². The molecule has 0 aromatic heterocycles. The van der Waals surface area contributed by atoms with Crippen LogP contribution < -0.4 is 0 Å². The summed E-state index contributed by atoms with van der Waals surface area (Å²) in [6.07, 6.45) is 2.85. The first-order valence-corrected chi connectivity index (χ1v) is 18.1. The van der Waals surface area contributed by atoms with Gasteiger partial charge >= 0.3 is 0 Å². The highest BCUT2D eigenvalue weighted by Crippen LogP contribution is 2.30. The van der Waals surface area contributed by atoms with Gasteiger partial charge in [0.25, 0.3) is 0 Å². The molecule has 0 N–H and O–H groups in total. The lowest BCUT2D eigenvalue weighted by Gasteiger charge is -2.42. The Morgan fingerprint density at radius 2 is 1.26 bits per heavy atom. The molecule has 1 atom stereocenters. The van der Waals surface area contributed by atoms with E-state index in [4.69, 9.17) is 0 Å². The molecule has 0 radical (unpaired) electrons. The van der Waals surface area contributed by atoms with Crippen LogP contribution >= 0.6 is 0 Å². The fraction of sp³-hybridized carbons (Fsp3) is 0.317. The van der Waals surface area contributed by atoms with Crippen molar-refractivity contribution in [2.45, 2.75) is 71.5 Å². The molecule has 1 heterocycles. The van der Waals surface area contributed by atoms with E-state index in [0.717, 1.165) is 77.4 Å². The van der Waals surface area contributed by atoms with Gasteiger partial charge in [0.2, 0.25) is 10.0 Å². The highest BCUT2D eigenvalue weighted by Gasteiger charge is 2.33. The molecule has 238 valence electrons. The fourth-order valence-electron chi connectivity index (χ4n) is 7.57. The van der Waals surface area contributed by atoms with E-state index in [2.05, 4.69) is 88.4 Å². The van der Waals surface area contributed by atoms with Crippen LogP contribution in [0.15, 0.2) is 108 Å². The van der Waals surface area contributed by atoms with Crippen molar-refractivity contribution in [2.75, 3.05) is 19.6 Å². The second-order valence-corrected chi connectivity index (χ2v) is 15.6. The van der Waals surface area contributed by atoms with Crippen LogP contribution in [-0.2, 0) is 36.1 Å².